The predicted octanol–water partition coefficient (Wildman–Crippen LogP) is 3.80. The standard InChI is InChI=1S/C21H22N6O3S2/c1-5-15(18(29)25-21-27-26-19(32-21)11(2)3)31-20-23-16(14(10-22)17(28)24-20)12-6-8-13(30-4)9-7-12/h6-9,11,15H,5H2,1-4H3,(H,23,24,28)(H,25,27,29)/t15-/m1/s1. The number of aromatic amines is 1. The molecule has 0 saturated heterocycles. The van der Waals surface area contributed by atoms with Crippen LogP contribution in [0.5, 0.6) is 5.75 Å². The summed E-state index contributed by atoms with van der Waals surface area (Å²) in [5.74, 6) is 0.604. The fraction of sp³-hybridized carbons (Fsp3) is 0.333. The van der Waals surface area contributed by atoms with Crippen LogP contribution in [0, 0.1) is 11.3 Å². The summed E-state index contributed by atoms with van der Waals surface area (Å²) in [5, 5.41) is 21.3. The van der Waals surface area contributed by atoms with E-state index >= 15 is 0 Å². The number of aromatic nitrogens is 4. The van der Waals surface area contributed by atoms with E-state index in [9.17, 15) is 14.9 Å². The summed E-state index contributed by atoms with van der Waals surface area (Å²) in [6.07, 6.45) is 0.494. The van der Waals surface area contributed by atoms with Gasteiger partial charge < -0.3 is 9.72 Å². The molecule has 0 saturated carbocycles. The van der Waals surface area contributed by atoms with Crippen LogP contribution in [-0.2, 0) is 4.79 Å². The molecule has 1 amide bonds. The van der Waals surface area contributed by atoms with Gasteiger partial charge in [-0.3, -0.25) is 14.9 Å². The van der Waals surface area contributed by atoms with Gasteiger partial charge >= 0.3 is 0 Å². The van der Waals surface area contributed by atoms with Crippen molar-refractivity contribution >= 4 is 34.1 Å². The van der Waals surface area contributed by atoms with Gasteiger partial charge in [0.05, 0.1) is 18.1 Å². The minimum atomic E-state index is -0.559. The number of anilines is 1. The third kappa shape index (κ3) is 5.33. The van der Waals surface area contributed by atoms with E-state index in [2.05, 4.69) is 25.5 Å². The molecule has 0 bridgehead atoms. The first-order valence-electron chi connectivity index (χ1n) is 9.86. The summed E-state index contributed by atoms with van der Waals surface area (Å²) in [7, 11) is 1.55. The van der Waals surface area contributed by atoms with Crippen LogP contribution >= 0.6 is 23.1 Å². The van der Waals surface area contributed by atoms with Gasteiger partial charge in [0.2, 0.25) is 11.0 Å². The summed E-state index contributed by atoms with van der Waals surface area (Å²) < 4.78 is 5.16. The average molecular weight is 471 g/mol. The van der Waals surface area contributed by atoms with Gasteiger partial charge in [0.15, 0.2) is 5.16 Å². The third-order valence-electron chi connectivity index (χ3n) is 4.45. The van der Waals surface area contributed by atoms with E-state index in [0.29, 0.717) is 22.9 Å². The van der Waals surface area contributed by atoms with Crippen LogP contribution in [0.4, 0.5) is 5.13 Å². The van der Waals surface area contributed by atoms with E-state index in [0.717, 1.165) is 16.8 Å². The highest BCUT2D eigenvalue weighted by Crippen LogP contribution is 2.28. The number of benzene rings is 1. The second-order valence-electron chi connectivity index (χ2n) is 7.04. The number of carbonyl (C=O) groups excluding carboxylic acids is 1. The molecule has 2 N–H and O–H groups in total. The van der Waals surface area contributed by atoms with E-state index in [1.54, 1.807) is 31.4 Å². The highest BCUT2D eigenvalue weighted by Gasteiger charge is 2.23. The average Bonchev–Trinajstić information content (AvgIpc) is 3.26. The molecule has 32 heavy (non-hydrogen) atoms. The monoisotopic (exact) mass is 470 g/mol. The Morgan fingerprint density at radius 2 is 2.03 bits per heavy atom. The number of nitrogens with zero attached hydrogens (tertiary/aromatic N) is 4. The fourth-order valence-electron chi connectivity index (χ4n) is 2.73. The summed E-state index contributed by atoms with van der Waals surface area (Å²) >= 11 is 2.45. The number of H-pyrrole nitrogens is 1. The molecule has 2 aromatic heterocycles. The minimum absolute atomic E-state index is 0.0907. The second-order valence-corrected chi connectivity index (χ2v) is 9.24. The molecule has 0 fully saturated rings. The first-order chi connectivity index (χ1) is 15.4. The molecule has 9 nitrogen and oxygen atoms in total. The van der Waals surface area contributed by atoms with Crippen molar-refractivity contribution in [1.29, 1.82) is 5.26 Å². The number of nitriles is 1. The van der Waals surface area contributed by atoms with Gasteiger partial charge in [0, 0.05) is 11.5 Å². The molecular weight excluding hydrogens is 448 g/mol. The number of hydrogen-bond donors (Lipinski definition) is 2. The number of nitrogens with one attached hydrogen (secondary N) is 2. The number of amides is 1. The van der Waals surface area contributed by atoms with Crippen molar-refractivity contribution in [2.24, 2.45) is 0 Å². The molecule has 0 aliphatic heterocycles. The second kappa shape index (κ2) is 10.4. The van der Waals surface area contributed by atoms with E-state index < -0.39 is 10.8 Å². The highest BCUT2D eigenvalue weighted by molar-refractivity contribution is 8.00. The molecule has 0 aliphatic rings. The van der Waals surface area contributed by atoms with E-state index in [-0.39, 0.29) is 28.2 Å². The van der Waals surface area contributed by atoms with Gasteiger partial charge in [-0.2, -0.15) is 5.26 Å². The van der Waals surface area contributed by atoms with Crippen LogP contribution in [0.2, 0.25) is 0 Å². The predicted molar refractivity (Wildman–Crippen MR) is 124 cm³/mol. The maximum absolute atomic E-state index is 12.8. The van der Waals surface area contributed by atoms with Crippen LogP contribution in [-0.4, -0.2) is 38.4 Å². The topological polar surface area (TPSA) is 134 Å². The number of hydrogen-bond acceptors (Lipinski definition) is 9. The third-order valence-corrected chi connectivity index (χ3v) is 6.84. The van der Waals surface area contributed by atoms with Crippen molar-refractivity contribution in [2.75, 3.05) is 12.4 Å². The van der Waals surface area contributed by atoms with Crippen molar-refractivity contribution in [3.63, 3.8) is 0 Å². The Kier molecular flexibility index (Phi) is 7.61. The summed E-state index contributed by atoms with van der Waals surface area (Å²) in [6, 6.07) is 8.81. The zero-order valence-corrected chi connectivity index (χ0v) is 19.6. The summed E-state index contributed by atoms with van der Waals surface area (Å²) in [4.78, 5) is 32.4. The Bertz CT molecular complexity index is 1200. The summed E-state index contributed by atoms with van der Waals surface area (Å²) in [5.41, 5.74) is 0.203. The van der Waals surface area contributed by atoms with Crippen LogP contribution in [0.3, 0.4) is 0 Å². The van der Waals surface area contributed by atoms with Crippen LogP contribution < -0.4 is 15.6 Å². The molecule has 1 atom stereocenters. The van der Waals surface area contributed by atoms with Gasteiger partial charge in [-0.1, -0.05) is 43.9 Å². The van der Waals surface area contributed by atoms with Crippen molar-refractivity contribution in [2.45, 2.75) is 43.5 Å². The van der Waals surface area contributed by atoms with Crippen LogP contribution in [0.1, 0.15) is 43.7 Å². The molecule has 0 spiro atoms. The maximum Gasteiger partial charge on any atom is 0.270 e. The van der Waals surface area contributed by atoms with Crippen molar-refractivity contribution in [3.05, 3.63) is 45.2 Å². The zero-order valence-electron chi connectivity index (χ0n) is 18.0. The number of methoxy groups -OCH3 is 1. The number of ether oxygens (including phenoxy) is 1. The smallest absolute Gasteiger partial charge is 0.270 e. The lowest BCUT2D eigenvalue weighted by Gasteiger charge is -2.13. The van der Waals surface area contributed by atoms with Crippen molar-refractivity contribution in [3.8, 4) is 23.1 Å². The maximum atomic E-state index is 12.8. The SMILES string of the molecule is CC[C@@H](Sc1nc(-c2ccc(OC)cc2)c(C#N)c(=O)[nH]1)C(=O)Nc1nnc(C(C)C)s1. The Labute approximate surface area is 193 Å². The zero-order chi connectivity index (χ0) is 23.3. The normalized spacial score (nSPS) is 11.8. The largest absolute Gasteiger partial charge is 0.497 e. The Morgan fingerprint density at radius 3 is 2.59 bits per heavy atom. The van der Waals surface area contributed by atoms with Gasteiger partial charge in [-0.15, -0.1) is 10.2 Å². The number of rotatable bonds is 8. The molecule has 0 unspecified atom stereocenters. The quantitative estimate of drug-likeness (QED) is 0.375. The molecule has 1 aromatic carbocycles. The van der Waals surface area contributed by atoms with Gasteiger partial charge in [-0.05, 0) is 30.7 Å². The van der Waals surface area contributed by atoms with E-state index in [4.69, 9.17) is 4.74 Å². The first-order valence-corrected chi connectivity index (χ1v) is 11.6. The molecule has 3 rings (SSSR count). The minimum Gasteiger partial charge on any atom is -0.497 e. The molecule has 166 valence electrons. The molecular formula is C21H22N6O3S2. The lowest BCUT2D eigenvalue weighted by atomic mass is 10.1. The van der Waals surface area contributed by atoms with Gasteiger partial charge in [0.25, 0.3) is 5.56 Å². The fourth-order valence-corrected chi connectivity index (χ4v) is 4.38. The lowest BCUT2D eigenvalue weighted by molar-refractivity contribution is -0.115. The van der Waals surface area contributed by atoms with Gasteiger partial charge in [0.1, 0.15) is 22.4 Å². The Morgan fingerprint density at radius 1 is 1.31 bits per heavy atom. The lowest BCUT2D eigenvalue weighted by Crippen LogP contribution is -2.25. The Hall–Kier alpha value is -3.23. The van der Waals surface area contributed by atoms with Crippen LogP contribution in [0.25, 0.3) is 11.3 Å². The first kappa shape index (κ1) is 23.4. The van der Waals surface area contributed by atoms with Crippen molar-refractivity contribution < 1.29 is 9.53 Å². The molecule has 0 radical (unpaired) electrons. The number of carbonyl (C=O) groups is 1. The highest BCUT2D eigenvalue weighted by atomic mass is 32.2. The molecule has 3 aromatic rings. The Balaban J connectivity index is 1.85. The molecule has 2 heterocycles. The molecule has 0 aliphatic carbocycles. The van der Waals surface area contributed by atoms with E-state index in [1.807, 2.05) is 26.8 Å². The van der Waals surface area contributed by atoms with Crippen molar-refractivity contribution in [1.82, 2.24) is 20.2 Å². The summed E-state index contributed by atoms with van der Waals surface area (Å²) in [6.45, 7) is 5.87. The van der Waals surface area contributed by atoms with E-state index in [1.165, 1.54) is 11.3 Å². The van der Waals surface area contributed by atoms with Gasteiger partial charge in [-0.25, -0.2) is 4.98 Å². The number of thioether (sulfide) groups is 1. The molecule has 11 heteroatoms. The van der Waals surface area contributed by atoms with Crippen LogP contribution in [0.15, 0.2) is 34.2 Å².